The fourth-order valence-corrected chi connectivity index (χ4v) is 3.18. The predicted octanol–water partition coefficient (Wildman–Crippen LogP) is 1.36. The molecule has 0 radical (unpaired) electrons. The molecule has 0 unspecified atom stereocenters. The minimum Gasteiger partial charge on any atom is -0.465 e. The molecule has 1 fully saturated rings. The Balaban J connectivity index is 1.62. The molecule has 1 aromatic carbocycles. The van der Waals surface area contributed by atoms with Crippen molar-refractivity contribution in [3.8, 4) is 0 Å². The summed E-state index contributed by atoms with van der Waals surface area (Å²) in [5.74, 6) is -2.18. The zero-order valence-electron chi connectivity index (χ0n) is 13.7. The van der Waals surface area contributed by atoms with Crippen LogP contribution in [0.25, 0.3) is 0 Å². The van der Waals surface area contributed by atoms with Crippen molar-refractivity contribution >= 4 is 29.4 Å². The third-order valence-electron chi connectivity index (χ3n) is 4.49. The van der Waals surface area contributed by atoms with Crippen LogP contribution in [0.15, 0.2) is 36.4 Å². The highest BCUT2D eigenvalue weighted by Gasteiger charge is 2.47. The van der Waals surface area contributed by atoms with Crippen LogP contribution < -0.4 is 5.32 Å². The third kappa shape index (κ3) is 3.31. The largest absolute Gasteiger partial charge is 0.465 e. The number of methoxy groups -OCH3 is 1. The van der Waals surface area contributed by atoms with E-state index in [1.165, 1.54) is 19.2 Å². The second-order valence-corrected chi connectivity index (χ2v) is 6.04. The fraction of sp³-hybridized carbons (Fsp3) is 0.333. The summed E-state index contributed by atoms with van der Waals surface area (Å²) in [5.41, 5.74) is 0.831. The Bertz CT molecular complexity index is 727. The number of esters is 1. The van der Waals surface area contributed by atoms with Gasteiger partial charge in [-0.2, -0.15) is 0 Å². The number of nitrogens with one attached hydrogen (secondary N) is 1. The van der Waals surface area contributed by atoms with Gasteiger partial charge in [-0.3, -0.25) is 19.3 Å². The van der Waals surface area contributed by atoms with Crippen molar-refractivity contribution in [1.29, 1.82) is 0 Å². The average Bonchev–Trinajstić information content (AvgIpc) is 2.87. The Hall–Kier alpha value is -2.96. The molecule has 0 aromatic heterocycles. The van der Waals surface area contributed by atoms with Gasteiger partial charge >= 0.3 is 5.97 Å². The molecule has 3 amide bonds. The summed E-state index contributed by atoms with van der Waals surface area (Å²) < 4.78 is 4.60. The van der Waals surface area contributed by atoms with Gasteiger partial charge in [-0.1, -0.05) is 12.2 Å². The molecule has 3 rings (SSSR count). The Kier molecular flexibility index (Phi) is 4.65. The van der Waals surface area contributed by atoms with E-state index < -0.39 is 11.9 Å². The SMILES string of the molecule is COC(=O)c1ccc(NC(=O)CN2C(=O)[C@@H]3CC=CC[C@H]3C2=O)cc1. The normalized spacial score (nSPS) is 21.9. The predicted molar refractivity (Wildman–Crippen MR) is 88.5 cm³/mol. The summed E-state index contributed by atoms with van der Waals surface area (Å²) >= 11 is 0. The van der Waals surface area contributed by atoms with Gasteiger partial charge in [0.2, 0.25) is 17.7 Å². The van der Waals surface area contributed by atoms with E-state index in [-0.39, 0.29) is 30.2 Å². The number of imide groups is 1. The van der Waals surface area contributed by atoms with Gasteiger partial charge in [0.05, 0.1) is 24.5 Å². The maximum atomic E-state index is 12.3. The van der Waals surface area contributed by atoms with Gasteiger partial charge in [0.25, 0.3) is 0 Å². The minimum atomic E-state index is -0.470. The molecular formula is C18H18N2O5. The van der Waals surface area contributed by atoms with Crippen LogP contribution >= 0.6 is 0 Å². The molecule has 0 bridgehead atoms. The van der Waals surface area contributed by atoms with Crippen LogP contribution in [0, 0.1) is 11.8 Å². The van der Waals surface area contributed by atoms with E-state index in [4.69, 9.17) is 0 Å². The average molecular weight is 342 g/mol. The smallest absolute Gasteiger partial charge is 0.337 e. The van der Waals surface area contributed by atoms with Gasteiger partial charge in [0.15, 0.2) is 0 Å². The first kappa shape index (κ1) is 16.9. The lowest BCUT2D eigenvalue weighted by Gasteiger charge is -2.14. The number of hydrogen-bond donors (Lipinski definition) is 1. The summed E-state index contributed by atoms with van der Waals surface area (Å²) in [6.07, 6.45) is 4.89. The summed E-state index contributed by atoms with van der Waals surface area (Å²) in [6.45, 7) is -0.302. The zero-order chi connectivity index (χ0) is 18.0. The fourth-order valence-electron chi connectivity index (χ4n) is 3.18. The van der Waals surface area contributed by atoms with E-state index >= 15 is 0 Å². The van der Waals surface area contributed by atoms with E-state index in [2.05, 4.69) is 10.1 Å². The van der Waals surface area contributed by atoms with Crippen LogP contribution in [0.2, 0.25) is 0 Å². The van der Waals surface area contributed by atoms with E-state index in [0.29, 0.717) is 24.1 Å². The number of carbonyl (C=O) groups excluding carboxylic acids is 4. The van der Waals surface area contributed by atoms with Gasteiger partial charge in [0, 0.05) is 5.69 Å². The van der Waals surface area contributed by atoms with Gasteiger partial charge in [-0.25, -0.2) is 4.79 Å². The highest BCUT2D eigenvalue weighted by molar-refractivity contribution is 6.08. The number of anilines is 1. The molecule has 7 nitrogen and oxygen atoms in total. The highest BCUT2D eigenvalue weighted by Crippen LogP contribution is 2.34. The van der Waals surface area contributed by atoms with Crippen molar-refractivity contribution in [3.05, 3.63) is 42.0 Å². The molecule has 7 heteroatoms. The molecule has 0 saturated carbocycles. The number of rotatable bonds is 4. The molecule has 1 aromatic rings. The van der Waals surface area contributed by atoms with E-state index in [1.54, 1.807) is 12.1 Å². The van der Waals surface area contributed by atoms with Crippen LogP contribution in [0.3, 0.4) is 0 Å². The van der Waals surface area contributed by atoms with Gasteiger partial charge in [-0.05, 0) is 37.1 Å². The summed E-state index contributed by atoms with van der Waals surface area (Å²) in [5, 5.41) is 2.62. The van der Waals surface area contributed by atoms with Crippen LogP contribution in [-0.2, 0) is 19.1 Å². The first-order valence-corrected chi connectivity index (χ1v) is 7.99. The van der Waals surface area contributed by atoms with Crippen LogP contribution in [-0.4, -0.2) is 42.2 Å². The Labute approximate surface area is 144 Å². The second-order valence-electron chi connectivity index (χ2n) is 6.04. The van der Waals surface area contributed by atoms with Crippen molar-refractivity contribution in [3.63, 3.8) is 0 Å². The number of fused-ring (bicyclic) bond motifs is 1. The number of benzene rings is 1. The van der Waals surface area contributed by atoms with Gasteiger partial charge in [-0.15, -0.1) is 0 Å². The topological polar surface area (TPSA) is 92.8 Å². The quantitative estimate of drug-likeness (QED) is 0.507. The molecular weight excluding hydrogens is 324 g/mol. The van der Waals surface area contributed by atoms with Gasteiger partial charge in [0.1, 0.15) is 6.54 Å². The third-order valence-corrected chi connectivity index (χ3v) is 4.49. The molecule has 0 spiro atoms. The van der Waals surface area contributed by atoms with E-state index in [9.17, 15) is 19.2 Å². The Morgan fingerprint density at radius 1 is 1.08 bits per heavy atom. The van der Waals surface area contributed by atoms with Gasteiger partial charge < -0.3 is 10.1 Å². The lowest BCUT2D eigenvalue weighted by molar-refractivity contribution is -0.142. The molecule has 2 atom stereocenters. The zero-order valence-corrected chi connectivity index (χ0v) is 13.7. The van der Waals surface area contributed by atoms with E-state index in [0.717, 1.165) is 4.90 Å². The van der Waals surface area contributed by atoms with Crippen LogP contribution in [0.4, 0.5) is 5.69 Å². The van der Waals surface area contributed by atoms with Crippen LogP contribution in [0.1, 0.15) is 23.2 Å². The monoisotopic (exact) mass is 342 g/mol. The van der Waals surface area contributed by atoms with Crippen molar-refractivity contribution in [2.45, 2.75) is 12.8 Å². The molecule has 1 heterocycles. The number of hydrogen-bond acceptors (Lipinski definition) is 5. The molecule has 2 aliphatic rings. The molecule has 25 heavy (non-hydrogen) atoms. The maximum absolute atomic E-state index is 12.3. The van der Waals surface area contributed by atoms with Crippen molar-refractivity contribution in [1.82, 2.24) is 4.90 Å². The molecule has 130 valence electrons. The van der Waals surface area contributed by atoms with Crippen LogP contribution in [0.5, 0.6) is 0 Å². The standard InChI is InChI=1S/C18H18N2O5/c1-25-18(24)11-6-8-12(9-7-11)19-15(21)10-20-16(22)13-4-2-3-5-14(13)17(20)23/h2-3,6-9,13-14H,4-5,10H2,1H3,(H,19,21)/t13-,14-/m1/s1. The molecule has 1 aliphatic heterocycles. The summed E-state index contributed by atoms with van der Waals surface area (Å²) in [7, 11) is 1.29. The van der Waals surface area contributed by atoms with Crippen molar-refractivity contribution in [2.75, 3.05) is 19.0 Å². The highest BCUT2D eigenvalue weighted by atomic mass is 16.5. The summed E-state index contributed by atoms with van der Waals surface area (Å²) in [6, 6.07) is 6.16. The number of ether oxygens (including phenoxy) is 1. The van der Waals surface area contributed by atoms with Crippen molar-refractivity contribution in [2.24, 2.45) is 11.8 Å². The Morgan fingerprint density at radius 3 is 2.16 bits per heavy atom. The lowest BCUT2D eigenvalue weighted by Crippen LogP contribution is -2.38. The molecule has 1 aliphatic carbocycles. The number of nitrogens with zero attached hydrogens (tertiary/aromatic N) is 1. The second kappa shape index (κ2) is 6.88. The molecule has 1 saturated heterocycles. The summed E-state index contributed by atoms with van der Waals surface area (Å²) in [4.78, 5) is 49.3. The minimum absolute atomic E-state index is 0.282. The Morgan fingerprint density at radius 2 is 1.64 bits per heavy atom. The van der Waals surface area contributed by atoms with Crippen molar-refractivity contribution < 1.29 is 23.9 Å². The number of carbonyl (C=O) groups is 4. The molecule has 1 N–H and O–H groups in total. The lowest BCUT2D eigenvalue weighted by atomic mass is 9.85. The number of amides is 3. The first-order valence-electron chi connectivity index (χ1n) is 7.99. The number of allylic oxidation sites excluding steroid dienone is 2. The maximum Gasteiger partial charge on any atom is 0.337 e. The van der Waals surface area contributed by atoms with E-state index in [1.807, 2.05) is 12.2 Å². The first-order chi connectivity index (χ1) is 12.0. The number of likely N-dealkylation sites (tertiary alicyclic amines) is 1.